The Morgan fingerprint density at radius 1 is 1.04 bits per heavy atom. The highest BCUT2D eigenvalue weighted by atomic mass is 16.3. The first kappa shape index (κ1) is 19.0. The lowest BCUT2D eigenvalue weighted by Crippen LogP contribution is -2.31. The fourth-order valence-electron chi connectivity index (χ4n) is 3.24. The number of benzene rings is 2. The van der Waals surface area contributed by atoms with E-state index in [1.54, 1.807) is 6.26 Å². The van der Waals surface area contributed by atoms with Gasteiger partial charge in [-0.05, 0) is 61.7 Å². The molecule has 1 amide bonds. The number of carbonyl (C=O) groups is 1. The van der Waals surface area contributed by atoms with Crippen LogP contribution >= 0.6 is 0 Å². The van der Waals surface area contributed by atoms with Crippen LogP contribution in [0.25, 0.3) is 11.0 Å². The molecule has 0 N–H and O–H groups in total. The van der Waals surface area contributed by atoms with Crippen LogP contribution in [0.5, 0.6) is 0 Å². The van der Waals surface area contributed by atoms with E-state index >= 15 is 0 Å². The average Bonchev–Trinajstić information content (AvgIpc) is 3.02. The van der Waals surface area contributed by atoms with Gasteiger partial charge in [0.2, 0.25) is 5.91 Å². The van der Waals surface area contributed by atoms with Gasteiger partial charge in [-0.2, -0.15) is 0 Å². The quantitative estimate of drug-likeness (QED) is 0.636. The number of nitrogens with zero attached hydrogens (tertiary/aromatic N) is 2. The van der Waals surface area contributed by atoms with Gasteiger partial charge in [-0.3, -0.25) is 4.79 Å². The van der Waals surface area contributed by atoms with Crippen LogP contribution in [0, 0.1) is 13.8 Å². The van der Waals surface area contributed by atoms with Gasteiger partial charge < -0.3 is 14.2 Å². The Morgan fingerprint density at radius 3 is 2.33 bits per heavy atom. The van der Waals surface area contributed by atoms with Gasteiger partial charge in [0.05, 0.1) is 12.7 Å². The molecule has 0 saturated carbocycles. The summed E-state index contributed by atoms with van der Waals surface area (Å²) in [6, 6.07) is 12.5. The summed E-state index contributed by atoms with van der Waals surface area (Å²) in [5.41, 5.74) is 6.52. The van der Waals surface area contributed by atoms with Crippen molar-refractivity contribution < 1.29 is 9.21 Å². The van der Waals surface area contributed by atoms with Crippen LogP contribution in [0.4, 0.5) is 5.69 Å². The summed E-state index contributed by atoms with van der Waals surface area (Å²) in [5.74, 6) is 0.120. The first-order chi connectivity index (χ1) is 12.9. The molecule has 0 radical (unpaired) electrons. The monoisotopic (exact) mass is 364 g/mol. The maximum Gasteiger partial charge on any atom is 0.227 e. The number of likely N-dealkylation sites (N-methyl/N-ethyl adjacent to an activating group) is 1. The zero-order valence-electron chi connectivity index (χ0n) is 16.9. The molecule has 1 aromatic heterocycles. The number of anilines is 1. The zero-order valence-corrected chi connectivity index (χ0v) is 16.9. The minimum Gasteiger partial charge on any atom is -0.464 e. The van der Waals surface area contributed by atoms with E-state index in [2.05, 4.69) is 49.1 Å². The van der Waals surface area contributed by atoms with E-state index in [1.165, 1.54) is 11.1 Å². The van der Waals surface area contributed by atoms with Gasteiger partial charge in [-0.25, -0.2) is 0 Å². The van der Waals surface area contributed by atoms with E-state index in [4.69, 9.17) is 4.42 Å². The van der Waals surface area contributed by atoms with E-state index < -0.39 is 0 Å². The second-order valence-corrected chi connectivity index (χ2v) is 7.34. The first-order valence-corrected chi connectivity index (χ1v) is 9.40. The molecule has 3 rings (SSSR count). The molecule has 0 spiro atoms. The van der Waals surface area contributed by atoms with E-state index in [1.807, 2.05) is 32.0 Å². The lowest BCUT2D eigenvalue weighted by molar-refractivity contribution is -0.130. The van der Waals surface area contributed by atoms with Crippen LogP contribution in [0.2, 0.25) is 0 Å². The van der Waals surface area contributed by atoms with E-state index in [0.717, 1.165) is 27.8 Å². The van der Waals surface area contributed by atoms with Gasteiger partial charge in [0.25, 0.3) is 0 Å². The van der Waals surface area contributed by atoms with Crippen molar-refractivity contribution >= 4 is 22.6 Å². The number of amides is 1. The van der Waals surface area contributed by atoms with Gasteiger partial charge in [0, 0.05) is 43.8 Å². The standard InChI is InChI=1S/C23H28N2O2/c1-6-25(14-18-7-9-20(10-8-18)24(4)5)23(26)13-19-15-27-22-12-17(3)16(2)11-21(19)22/h7-12,15H,6,13-14H2,1-5H3. The van der Waals surface area contributed by atoms with Crippen LogP contribution in [0.15, 0.2) is 47.1 Å². The molecule has 0 atom stereocenters. The Bertz CT molecular complexity index is 939. The molecular weight excluding hydrogens is 336 g/mol. The maximum absolute atomic E-state index is 12.9. The van der Waals surface area contributed by atoms with Crippen molar-refractivity contribution in [1.82, 2.24) is 4.90 Å². The number of fused-ring (bicyclic) bond motifs is 1. The Balaban J connectivity index is 1.74. The highest BCUT2D eigenvalue weighted by molar-refractivity contribution is 5.88. The summed E-state index contributed by atoms with van der Waals surface area (Å²) in [4.78, 5) is 16.9. The van der Waals surface area contributed by atoms with Crippen LogP contribution < -0.4 is 4.90 Å². The molecule has 0 aliphatic rings. The molecule has 3 aromatic rings. The van der Waals surface area contributed by atoms with Crippen LogP contribution in [0.1, 0.15) is 29.2 Å². The topological polar surface area (TPSA) is 36.7 Å². The van der Waals surface area contributed by atoms with Gasteiger partial charge >= 0.3 is 0 Å². The fraction of sp³-hybridized carbons (Fsp3) is 0.348. The average molecular weight is 364 g/mol. The minimum absolute atomic E-state index is 0.120. The van der Waals surface area contributed by atoms with Crippen molar-refractivity contribution in [3.8, 4) is 0 Å². The van der Waals surface area contributed by atoms with E-state index in [9.17, 15) is 4.79 Å². The second-order valence-electron chi connectivity index (χ2n) is 7.34. The predicted octanol–water partition coefficient (Wildman–Crippen LogP) is 4.71. The SMILES string of the molecule is CCN(Cc1ccc(N(C)C)cc1)C(=O)Cc1coc2cc(C)c(C)cc12. The van der Waals surface area contributed by atoms with Crippen molar-refractivity contribution in [1.29, 1.82) is 0 Å². The van der Waals surface area contributed by atoms with Crippen LogP contribution in [-0.4, -0.2) is 31.4 Å². The molecular formula is C23H28N2O2. The Hall–Kier alpha value is -2.75. The Kier molecular flexibility index (Phi) is 5.54. The normalized spacial score (nSPS) is 11.0. The number of carbonyl (C=O) groups excluding carboxylic acids is 1. The molecule has 4 heteroatoms. The minimum atomic E-state index is 0.120. The lowest BCUT2D eigenvalue weighted by Gasteiger charge is -2.21. The summed E-state index contributed by atoms with van der Waals surface area (Å²) in [5, 5.41) is 1.04. The first-order valence-electron chi connectivity index (χ1n) is 9.40. The summed E-state index contributed by atoms with van der Waals surface area (Å²) in [6.07, 6.45) is 2.08. The van der Waals surface area contributed by atoms with Gasteiger partial charge in [-0.15, -0.1) is 0 Å². The van der Waals surface area contributed by atoms with E-state index in [-0.39, 0.29) is 5.91 Å². The number of rotatable bonds is 6. The third-order valence-electron chi connectivity index (χ3n) is 5.17. The molecule has 0 saturated heterocycles. The van der Waals surface area contributed by atoms with Crippen LogP contribution in [0.3, 0.4) is 0 Å². The largest absolute Gasteiger partial charge is 0.464 e. The molecule has 142 valence electrons. The number of aryl methyl sites for hydroxylation is 2. The lowest BCUT2D eigenvalue weighted by atomic mass is 10.0. The molecule has 2 aromatic carbocycles. The van der Waals surface area contributed by atoms with Gasteiger partial charge in [0.15, 0.2) is 0 Å². The summed E-state index contributed by atoms with van der Waals surface area (Å²) in [6.45, 7) is 7.48. The van der Waals surface area contributed by atoms with Crippen molar-refractivity contribution in [2.45, 2.75) is 33.7 Å². The number of furan rings is 1. The van der Waals surface area contributed by atoms with Crippen molar-refractivity contribution in [3.05, 3.63) is 64.9 Å². The molecule has 0 aliphatic heterocycles. The Morgan fingerprint density at radius 2 is 1.70 bits per heavy atom. The summed E-state index contributed by atoms with van der Waals surface area (Å²) < 4.78 is 5.68. The molecule has 0 unspecified atom stereocenters. The molecule has 0 fully saturated rings. The Labute approximate surface area is 161 Å². The molecule has 27 heavy (non-hydrogen) atoms. The zero-order chi connectivity index (χ0) is 19.6. The van der Waals surface area contributed by atoms with Crippen molar-refractivity contribution in [2.75, 3.05) is 25.5 Å². The molecule has 0 aliphatic carbocycles. The highest BCUT2D eigenvalue weighted by Gasteiger charge is 2.16. The van der Waals surface area contributed by atoms with Gasteiger partial charge in [-0.1, -0.05) is 12.1 Å². The van der Waals surface area contributed by atoms with Gasteiger partial charge in [0.1, 0.15) is 5.58 Å². The molecule has 0 bridgehead atoms. The fourth-order valence-corrected chi connectivity index (χ4v) is 3.24. The predicted molar refractivity (Wildman–Crippen MR) is 111 cm³/mol. The second kappa shape index (κ2) is 7.87. The maximum atomic E-state index is 12.9. The number of hydrogen-bond donors (Lipinski definition) is 0. The third kappa shape index (κ3) is 4.16. The summed E-state index contributed by atoms with van der Waals surface area (Å²) >= 11 is 0. The van der Waals surface area contributed by atoms with Crippen molar-refractivity contribution in [2.24, 2.45) is 0 Å². The molecule has 1 heterocycles. The smallest absolute Gasteiger partial charge is 0.227 e. The highest BCUT2D eigenvalue weighted by Crippen LogP contribution is 2.25. The van der Waals surface area contributed by atoms with Crippen molar-refractivity contribution in [3.63, 3.8) is 0 Å². The third-order valence-corrected chi connectivity index (χ3v) is 5.17. The van der Waals surface area contributed by atoms with Crippen LogP contribution in [-0.2, 0) is 17.8 Å². The van der Waals surface area contributed by atoms with E-state index in [0.29, 0.717) is 19.5 Å². The number of hydrogen-bond acceptors (Lipinski definition) is 3. The molecule has 4 nitrogen and oxygen atoms in total. The summed E-state index contributed by atoms with van der Waals surface area (Å²) in [7, 11) is 4.05.